The third-order valence-electron chi connectivity index (χ3n) is 5.36. The molecule has 0 aromatic heterocycles. The van der Waals surface area contributed by atoms with E-state index in [1.54, 1.807) is 17.0 Å². The zero-order valence-electron chi connectivity index (χ0n) is 16.7. The molecule has 5 nitrogen and oxygen atoms in total. The Labute approximate surface area is 180 Å². The summed E-state index contributed by atoms with van der Waals surface area (Å²) < 4.78 is 5.29. The van der Waals surface area contributed by atoms with Crippen molar-refractivity contribution in [2.45, 2.75) is 32.7 Å². The molecule has 2 aromatic carbocycles. The van der Waals surface area contributed by atoms with E-state index in [0.717, 1.165) is 11.1 Å². The first kappa shape index (κ1) is 21.5. The fraction of sp³-hybridized carbons (Fsp3) is 0.364. The summed E-state index contributed by atoms with van der Waals surface area (Å²) in [6.07, 6.45) is 1.34. The van der Waals surface area contributed by atoms with Crippen molar-refractivity contribution >= 4 is 35.0 Å². The van der Waals surface area contributed by atoms with Gasteiger partial charge in [0.1, 0.15) is 5.56 Å². The molecule has 0 aliphatic carbocycles. The lowest BCUT2D eigenvalue weighted by molar-refractivity contribution is 0.0695. The number of nitrogens with zero attached hydrogens (tertiary/aromatic N) is 1. The minimum Gasteiger partial charge on any atom is -0.494 e. The van der Waals surface area contributed by atoms with Crippen molar-refractivity contribution in [3.63, 3.8) is 0 Å². The lowest BCUT2D eigenvalue weighted by atomic mass is 10.0. The zero-order valence-corrected chi connectivity index (χ0v) is 18.2. The van der Waals surface area contributed by atoms with E-state index in [4.69, 9.17) is 27.9 Å². The summed E-state index contributed by atoms with van der Waals surface area (Å²) in [4.78, 5) is 27.2. The highest BCUT2D eigenvalue weighted by molar-refractivity contribution is 6.37. The maximum Gasteiger partial charge on any atom is 0.259 e. The highest BCUT2D eigenvalue weighted by atomic mass is 35.5. The summed E-state index contributed by atoms with van der Waals surface area (Å²) in [5.41, 5.74) is 3.18. The number of hydrogen-bond acceptors (Lipinski definition) is 3. The van der Waals surface area contributed by atoms with Crippen LogP contribution in [0.3, 0.4) is 0 Å². The first-order chi connectivity index (χ1) is 13.8. The standard InChI is InChI=1S/C22H24Cl2N2O3/c1-13-4-5-15(12-14(13)2)21(27)25-16-8-10-26(11-9-16)22(28)19-17(23)6-7-18(24)20(19)29-3/h4-7,12,16H,8-11H2,1-3H3,(H,25,27). The van der Waals surface area contributed by atoms with E-state index in [9.17, 15) is 9.59 Å². The van der Waals surface area contributed by atoms with Crippen LogP contribution >= 0.6 is 23.2 Å². The van der Waals surface area contributed by atoms with Crippen molar-refractivity contribution in [2.75, 3.05) is 20.2 Å². The van der Waals surface area contributed by atoms with Crippen LogP contribution in [0, 0.1) is 13.8 Å². The van der Waals surface area contributed by atoms with Gasteiger partial charge in [0.2, 0.25) is 0 Å². The third-order valence-corrected chi connectivity index (χ3v) is 5.98. The molecule has 0 spiro atoms. The Bertz CT molecular complexity index is 938. The van der Waals surface area contributed by atoms with E-state index >= 15 is 0 Å². The van der Waals surface area contributed by atoms with Crippen molar-refractivity contribution in [1.82, 2.24) is 10.2 Å². The number of methoxy groups -OCH3 is 1. The molecular weight excluding hydrogens is 411 g/mol. The van der Waals surface area contributed by atoms with E-state index in [0.29, 0.717) is 41.5 Å². The lowest BCUT2D eigenvalue weighted by Gasteiger charge is -2.33. The second-order valence-corrected chi connectivity index (χ2v) is 8.09. The number of aryl methyl sites for hydroxylation is 2. The molecule has 1 heterocycles. The fourth-order valence-electron chi connectivity index (χ4n) is 3.47. The van der Waals surface area contributed by atoms with E-state index in [1.165, 1.54) is 7.11 Å². The number of rotatable bonds is 4. The predicted octanol–water partition coefficient (Wildman–Crippen LogP) is 4.65. The molecule has 0 radical (unpaired) electrons. The number of carbonyl (C=O) groups is 2. The summed E-state index contributed by atoms with van der Waals surface area (Å²) >= 11 is 12.4. The summed E-state index contributed by atoms with van der Waals surface area (Å²) in [5, 5.41) is 3.73. The molecule has 1 aliphatic rings. The topological polar surface area (TPSA) is 58.6 Å². The fourth-order valence-corrected chi connectivity index (χ4v) is 3.93. The Morgan fingerprint density at radius 1 is 1.03 bits per heavy atom. The van der Waals surface area contributed by atoms with Gasteiger partial charge in [-0.05, 0) is 62.1 Å². The average Bonchev–Trinajstić information content (AvgIpc) is 2.71. The van der Waals surface area contributed by atoms with Gasteiger partial charge in [0.25, 0.3) is 11.8 Å². The first-order valence-corrected chi connectivity index (χ1v) is 10.3. The zero-order chi connectivity index (χ0) is 21.1. The molecule has 29 heavy (non-hydrogen) atoms. The van der Waals surface area contributed by atoms with Gasteiger partial charge in [-0.25, -0.2) is 0 Å². The molecule has 0 atom stereocenters. The number of carbonyl (C=O) groups excluding carboxylic acids is 2. The molecule has 3 rings (SSSR count). The number of nitrogens with one attached hydrogen (secondary N) is 1. The van der Waals surface area contributed by atoms with Gasteiger partial charge in [0.05, 0.1) is 17.2 Å². The number of ether oxygens (including phenoxy) is 1. The van der Waals surface area contributed by atoms with Crippen LogP contribution in [0.1, 0.15) is 44.7 Å². The molecule has 1 N–H and O–H groups in total. The van der Waals surface area contributed by atoms with Crippen LogP contribution in [0.15, 0.2) is 30.3 Å². The first-order valence-electron chi connectivity index (χ1n) is 9.51. The second kappa shape index (κ2) is 9.06. The highest BCUT2D eigenvalue weighted by Gasteiger charge is 2.28. The van der Waals surface area contributed by atoms with E-state index in [2.05, 4.69) is 5.32 Å². The second-order valence-electron chi connectivity index (χ2n) is 7.28. The van der Waals surface area contributed by atoms with Crippen LogP contribution in [-0.4, -0.2) is 43.0 Å². The van der Waals surface area contributed by atoms with Crippen LogP contribution in [0.2, 0.25) is 10.0 Å². The van der Waals surface area contributed by atoms with Crippen molar-refractivity contribution in [1.29, 1.82) is 0 Å². The SMILES string of the molecule is COc1c(Cl)ccc(Cl)c1C(=O)N1CCC(NC(=O)c2ccc(C)c(C)c2)CC1. The highest BCUT2D eigenvalue weighted by Crippen LogP contribution is 2.35. The Morgan fingerprint density at radius 3 is 2.31 bits per heavy atom. The van der Waals surface area contributed by atoms with E-state index in [-0.39, 0.29) is 29.2 Å². The molecule has 154 valence electrons. The molecule has 1 aliphatic heterocycles. The molecule has 2 aromatic rings. The van der Waals surface area contributed by atoms with Crippen molar-refractivity contribution < 1.29 is 14.3 Å². The molecule has 0 unspecified atom stereocenters. The molecular formula is C22H24Cl2N2O3. The summed E-state index contributed by atoms with van der Waals surface area (Å²) in [5.74, 6) is -0.0138. The van der Waals surface area contributed by atoms with Gasteiger partial charge in [0.15, 0.2) is 5.75 Å². The van der Waals surface area contributed by atoms with Gasteiger partial charge in [-0.15, -0.1) is 0 Å². The van der Waals surface area contributed by atoms with Crippen LogP contribution in [0.25, 0.3) is 0 Å². The largest absolute Gasteiger partial charge is 0.494 e. The number of piperidine rings is 1. The normalized spacial score (nSPS) is 14.6. The monoisotopic (exact) mass is 434 g/mol. The molecule has 7 heteroatoms. The van der Waals surface area contributed by atoms with Gasteiger partial charge in [0, 0.05) is 24.7 Å². The molecule has 2 amide bonds. The van der Waals surface area contributed by atoms with E-state index < -0.39 is 0 Å². The van der Waals surface area contributed by atoms with Crippen LogP contribution in [0.4, 0.5) is 0 Å². The molecule has 0 saturated carbocycles. The van der Waals surface area contributed by atoms with Crippen LogP contribution in [-0.2, 0) is 0 Å². The number of benzene rings is 2. The minimum absolute atomic E-state index is 0.0184. The van der Waals surface area contributed by atoms with Crippen molar-refractivity contribution in [3.8, 4) is 5.75 Å². The maximum atomic E-state index is 13.0. The predicted molar refractivity (Wildman–Crippen MR) is 115 cm³/mol. The Hall–Kier alpha value is -2.24. The number of halogens is 2. The number of hydrogen-bond donors (Lipinski definition) is 1. The number of amides is 2. The van der Waals surface area contributed by atoms with Crippen LogP contribution < -0.4 is 10.1 Å². The lowest BCUT2D eigenvalue weighted by Crippen LogP contribution is -2.46. The summed E-state index contributed by atoms with van der Waals surface area (Å²) in [6, 6.07) is 8.91. The Morgan fingerprint density at radius 2 is 1.69 bits per heavy atom. The third kappa shape index (κ3) is 4.68. The summed E-state index contributed by atoms with van der Waals surface area (Å²) in [7, 11) is 1.46. The van der Waals surface area contributed by atoms with Crippen molar-refractivity contribution in [2.24, 2.45) is 0 Å². The summed E-state index contributed by atoms with van der Waals surface area (Å²) in [6.45, 7) is 5.04. The minimum atomic E-state index is -0.215. The van der Waals surface area contributed by atoms with Gasteiger partial charge < -0.3 is 15.0 Å². The quantitative estimate of drug-likeness (QED) is 0.761. The van der Waals surface area contributed by atoms with Crippen LogP contribution in [0.5, 0.6) is 5.75 Å². The molecule has 0 bridgehead atoms. The van der Waals surface area contributed by atoms with Gasteiger partial charge >= 0.3 is 0 Å². The van der Waals surface area contributed by atoms with Crippen molar-refractivity contribution in [3.05, 3.63) is 62.6 Å². The van der Waals surface area contributed by atoms with Gasteiger partial charge in [-0.1, -0.05) is 29.3 Å². The van der Waals surface area contributed by atoms with Gasteiger partial charge in [-0.2, -0.15) is 0 Å². The van der Waals surface area contributed by atoms with Gasteiger partial charge in [-0.3, -0.25) is 9.59 Å². The molecule has 1 fully saturated rings. The average molecular weight is 435 g/mol. The van der Waals surface area contributed by atoms with E-state index in [1.807, 2.05) is 32.0 Å². The Balaban J connectivity index is 1.63. The maximum absolute atomic E-state index is 13.0. The Kier molecular flexibility index (Phi) is 6.70. The number of likely N-dealkylation sites (tertiary alicyclic amines) is 1. The smallest absolute Gasteiger partial charge is 0.259 e. The molecule has 1 saturated heterocycles.